The summed E-state index contributed by atoms with van der Waals surface area (Å²) in [6.45, 7) is 21.4. The second-order valence-corrected chi connectivity index (χ2v) is 10.9. The van der Waals surface area contributed by atoms with Gasteiger partial charge in [-0.1, -0.05) is 58.8 Å². The van der Waals surface area contributed by atoms with Crippen molar-refractivity contribution in [3.05, 3.63) is 22.8 Å². The Bertz CT molecular complexity index is 648. The number of allylic oxidation sites excluding steroid dienone is 2. The van der Waals surface area contributed by atoms with Crippen LogP contribution in [0.15, 0.2) is 22.8 Å². The van der Waals surface area contributed by atoms with Gasteiger partial charge in [0.1, 0.15) is 0 Å². The molecule has 0 bridgehead atoms. The normalized spacial score (nSPS) is 34.5. The van der Waals surface area contributed by atoms with Gasteiger partial charge in [0.15, 0.2) is 12.6 Å². The van der Waals surface area contributed by atoms with Crippen LogP contribution in [0, 0.1) is 28.6 Å². The molecule has 2 saturated heterocycles. The highest BCUT2D eigenvalue weighted by molar-refractivity contribution is 5.26. The Balaban J connectivity index is 0.000000171. The van der Waals surface area contributed by atoms with Crippen LogP contribution >= 0.6 is 0 Å². The third-order valence-corrected chi connectivity index (χ3v) is 8.47. The molecular weight excluding hydrogens is 376 g/mol. The van der Waals surface area contributed by atoms with Crippen LogP contribution in [-0.2, 0) is 18.9 Å². The molecule has 4 aliphatic rings. The first-order valence-corrected chi connectivity index (χ1v) is 11.9. The first-order chi connectivity index (χ1) is 14.1. The molecule has 4 nitrogen and oxygen atoms in total. The predicted octanol–water partition coefficient (Wildman–Crippen LogP) is 6.12. The molecular formula is C26H44O4. The molecule has 4 heteroatoms. The fourth-order valence-corrected chi connectivity index (χ4v) is 5.60. The van der Waals surface area contributed by atoms with Crippen LogP contribution in [0.3, 0.4) is 0 Å². The smallest absolute Gasteiger partial charge is 0.180 e. The molecule has 0 saturated carbocycles. The Hall–Kier alpha value is -0.680. The third-order valence-electron chi connectivity index (χ3n) is 8.47. The van der Waals surface area contributed by atoms with Gasteiger partial charge in [-0.05, 0) is 61.3 Å². The van der Waals surface area contributed by atoms with Crippen LogP contribution in [-0.4, -0.2) is 39.0 Å². The molecule has 2 aliphatic carbocycles. The quantitative estimate of drug-likeness (QED) is 0.504. The summed E-state index contributed by atoms with van der Waals surface area (Å²) in [5, 5.41) is 0. The summed E-state index contributed by atoms with van der Waals surface area (Å²) >= 11 is 0. The first-order valence-electron chi connectivity index (χ1n) is 11.9. The molecule has 4 rings (SSSR count). The minimum absolute atomic E-state index is 0.0148. The number of hydrogen-bond acceptors (Lipinski definition) is 4. The van der Waals surface area contributed by atoms with Crippen molar-refractivity contribution in [2.45, 2.75) is 87.2 Å². The first kappa shape index (κ1) is 24.0. The lowest BCUT2D eigenvalue weighted by Gasteiger charge is -2.45. The van der Waals surface area contributed by atoms with Crippen molar-refractivity contribution in [2.75, 3.05) is 26.4 Å². The lowest BCUT2D eigenvalue weighted by molar-refractivity contribution is -0.115. The van der Waals surface area contributed by atoms with E-state index >= 15 is 0 Å². The van der Waals surface area contributed by atoms with Gasteiger partial charge in [0.05, 0.1) is 26.4 Å². The largest absolute Gasteiger partial charge is 0.350 e. The van der Waals surface area contributed by atoms with E-state index in [-0.39, 0.29) is 23.4 Å². The van der Waals surface area contributed by atoms with Crippen molar-refractivity contribution in [1.29, 1.82) is 0 Å². The minimum Gasteiger partial charge on any atom is -0.350 e. The number of hydrogen-bond donors (Lipinski definition) is 0. The minimum atomic E-state index is -0.0669. The van der Waals surface area contributed by atoms with Crippen LogP contribution in [0.2, 0.25) is 0 Å². The second kappa shape index (κ2) is 9.44. The highest BCUT2D eigenvalue weighted by atomic mass is 16.7. The van der Waals surface area contributed by atoms with Gasteiger partial charge in [0.25, 0.3) is 0 Å². The molecule has 172 valence electrons. The van der Waals surface area contributed by atoms with Gasteiger partial charge in [-0.15, -0.1) is 0 Å². The van der Waals surface area contributed by atoms with Crippen molar-refractivity contribution in [1.82, 2.24) is 0 Å². The molecule has 0 amide bonds. The zero-order chi connectivity index (χ0) is 22.1. The Morgan fingerprint density at radius 1 is 0.833 bits per heavy atom. The van der Waals surface area contributed by atoms with E-state index in [9.17, 15) is 0 Å². The standard InChI is InChI=1S/2C13H22O2/c2*1-9-5-6-10(2)13(3,4)11(9)12-14-7-8-15-12/h10,12H,5-8H2,1-4H3;5,10-12H,6-8H2,1-4H3/t;10-,11-/m.1/s1. The van der Waals surface area contributed by atoms with Crippen LogP contribution < -0.4 is 0 Å². The van der Waals surface area contributed by atoms with Gasteiger partial charge < -0.3 is 18.9 Å². The number of rotatable bonds is 2. The lowest BCUT2D eigenvalue weighted by Crippen LogP contribution is -2.42. The van der Waals surface area contributed by atoms with E-state index in [1.165, 1.54) is 36.0 Å². The predicted molar refractivity (Wildman–Crippen MR) is 121 cm³/mol. The topological polar surface area (TPSA) is 36.9 Å². The fraction of sp³-hybridized carbons (Fsp3) is 0.846. The maximum Gasteiger partial charge on any atom is 0.180 e. The van der Waals surface area contributed by atoms with Crippen LogP contribution in [0.25, 0.3) is 0 Å². The second-order valence-electron chi connectivity index (χ2n) is 10.9. The summed E-state index contributed by atoms with van der Waals surface area (Å²) in [5.41, 5.74) is 4.80. The Labute approximate surface area is 184 Å². The summed E-state index contributed by atoms with van der Waals surface area (Å²) in [5.74, 6) is 1.83. The maximum absolute atomic E-state index is 5.68. The van der Waals surface area contributed by atoms with E-state index < -0.39 is 0 Å². The molecule has 30 heavy (non-hydrogen) atoms. The van der Waals surface area contributed by atoms with Gasteiger partial charge in [-0.2, -0.15) is 0 Å². The molecule has 1 unspecified atom stereocenters. The van der Waals surface area contributed by atoms with Gasteiger partial charge >= 0.3 is 0 Å². The van der Waals surface area contributed by atoms with E-state index in [1.807, 2.05) is 0 Å². The maximum atomic E-state index is 5.68. The molecule has 0 spiro atoms. The highest BCUT2D eigenvalue weighted by Gasteiger charge is 2.44. The summed E-state index contributed by atoms with van der Waals surface area (Å²) in [6, 6.07) is 0. The van der Waals surface area contributed by atoms with E-state index in [2.05, 4.69) is 61.5 Å². The van der Waals surface area contributed by atoms with Crippen molar-refractivity contribution in [3.63, 3.8) is 0 Å². The molecule has 0 aromatic heterocycles. The monoisotopic (exact) mass is 420 g/mol. The fourth-order valence-electron chi connectivity index (χ4n) is 5.60. The van der Waals surface area contributed by atoms with Gasteiger partial charge in [0.2, 0.25) is 0 Å². The summed E-state index contributed by atoms with van der Waals surface area (Å²) in [6.07, 6.45) is 5.94. The molecule has 0 aromatic carbocycles. The molecule has 3 atom stereocenters. The van der Waals surface area contributed by atoms with E-state index in [4.69, 9.17) is 18.9 Å². The molecule has 0 N–H and O–H groups in total. The molecule has 2 heterocycles. The Morgan fingerprint density at radius 2 is 1.40 bits per heavy atom. The van der Waals surface area contributed by atoms with Gasteiger partial charge in [-0.25, -0.2) is 0 Å². The third kappa shape index (κ3) is 4.72. The summed E-state index contributed by atoms with van der Waals surface area (Å²) in [4.78, 5) is 0. The van der Waals surface area contributed by atoms with Gasteiger partial charge in [0, 0.05) is 5.92 Å². The van der Waals surface area contributed by atoms with Gasteiger partial charge in [-0.3, -0.25) is 0 Å². The van der Waals surface area contributed by atoms with E-state index in [1.54, 1.807) is 0 Å². The summed E-state index contributed by atoms with van der Waals surface area (Å²) in [7, 11) is 0. The Morgan fingerprint density at radius 3 is 2.00 bits per heavy atom. The van der Waals surface area contributed by atoms with Crippen LogP contribution in [0.4, 0.5) is 0 Å². The highest BCUT2D eigenvalue weighted by Crippen LogP contribution is 2.48. The van der Waals surface area contributed by atoms with E-state index in [0.29, 0.717) is 17.8 Å². The average Bonchev–Trinajstić information content (AvgIpc) is 3.37. The molecule has 0 aromatic rings. The average molecular weight is 421 g/mol. The van der Waals surface area contributed by atoms with Crippen molar-refractivity contribution in [3.8, 4) is 0 Å². The molecule has 2 aliphatic heterocycles. The van der Waals surface area contributed by atoms with Crippen molar-refractivity contribution < 1.29 is 18.9 Å². The zero-order valence-electron chi connectivity index (χ0n) is 20.5. The number of ether oxygens (including phenoxy) is 4. The SMILES string of the molecule is CC1=C(C2OCCO2)C(C)(C)C(C)CC1.CC1=CC[C@@H](C)C(C)(C)[C@H]1C1OCCO1. The Kier molecular flexibility index (Phi) is 7.54. The van der Waals surface area contributed by atoms with Crippen molar-refractivity contribution >= 4 is 0 Å². The van der Waals surface area contributed by atoms with Crippen LogP contribution in [0.1, 0.15) is 74.7 Å². The molecule has 0 radical (unpaired) electrons. The zero-order valence-corrected chi connectivity index (χ0v) is 20.5. The van der Waals surface area contributed by atoms with Crippen LogP contribution in [0.5, 0.6) is 0 Å². The molecule has 2 fully saturated rings. The van der Waals surface area contributed by atoms with Crippen molar-refractivity contribution in [2.24, 2.45) is 28.6 Å². The van der Waals surface area contributed by atoms with E-state index in [0.717, 1.165) is 26.4 Å². The lowest BCUT2D eigenvalue weighted by atomic mass is 9.63. The summed E-state index contributed by atoms with van der Waals surface area (Å²) < 4.78 is 22.7.